The molecule has 0 radical (unpaired) electrons. The molecule has 0 amide bonds. The molecule has 1 unspecified atom stereocenters. The molecule has 2 rings (SSSR count). The van der Waals surface area contributed by atoms with Crippen LogP contribution in [-0.2, 0) is 0 Å². The molecule has 0 saturated heterocycles. The summed E-state index contributed by atoms with van der Waals surface area (Å²) in [5.74, 6) is 3.03. The fourth-order valence-corrected chi connectivity index (χ4v) is 2.57. The molecule has 18 heavy (non-hydrogen) atoms. The van der Waals surface area contributed by atoms with Gasteiger partial charge in [0.15, 0.2) is 11.5 Å². The van der Waals surface area contributed by atoms with E-state index in [1.807, 2.05) is 12.1 Å². The summed E-state index contributed by atoms with van der Waals surface area (Å²) in [7, 11) is 0. The topological polar surface area (TPSA) is 18.5 Å². The van der Waals surface area contributed by atoms with Crippen LogP contribution in [-0.4, -0.2) is 6.79 Å². The van der Waals surface area contributed by atoms with E-state index in [2.05, 4.69) is 32.6 Å². The third-order valence-electron chi connectivity index (χ3n) is 3.62. The molecule has 1 heterocycles. The lowest BCUT2D eigenvalue weighted by atomic mass is 9.86. The fraction of sp³-hybridized carbons (Fsp3) is 0.500. The quantitative estimate of drug-likeness (QED) is 0.687. The first-order chi connectivity index (χ1) is 8.74. The third kappa shape index (κ3) is 2.87. The van der Waals surface area contributed by atoms with E-state index >= 15 is 0 Å². The molecule has 2 atom stereocenters. The molecule has 2 heteroatoms. The molecule has 1 aliphatic rings. The molecule has 0 bridgehead atoms. The van der Waals surface area contributed by atoms with Gasteiger partial charge in [-0.15, -0.1) is 6.58 Å². The zero-order valence-corrected chi connectivity index (χ0v) is 11.3. The van der Waals surface area contributed by atoms with Gasteiger partial charge in [0.2, 0.25) is 6.79 Å². The molecule has 1 aromatic carbocycles. The molecule has 1 aromatic rings. The van der Waals surface area contributed by atoms with E-state index < -0.39 is 0 Å². The smallest absolute Gasteiger partial charge is 0.231 e. The van der Waals surface area contributed by atoms with Crippen LogP contribution in [0.2, 0.25) is 0 Å². The van der Waals surface area contributed by atoms with Crippen molar-refractivity contribution in [2.24, 2.45) is 5.92 Å². The number of hydrogen-bond acceptors (Lipinski definition) is 2. The van der Waals surface area contributed by atoms with Crippen LogP contribution in [0.4, 0.5) is 0 Å². The average molecular weight is 246 g/mol. The number of fused-ring (bicyclic) bond motifs is 1. The fourth-order valence-electron chi connectivity index (χ4n) is 2.57. The summed E-state index contributed by atoms with van der Waals surface area (Å²) in [6.45, 7) is 8.70. The van der Waals surface area contributed by atoms with Crippen molar-refractivity contribution in [2.45, 2.75) is 39.0 Å². The summed E-state index contributed by atoms with van der Waals surface area (Å²) in [6, 6.07) is 6.33. The number of benzene rings is 1. The average Bonchev–Trinajstić information content (AvgIpc) is 2.83. The minimum atomic E-state index is 0.350. The Balaban J connectivity index is 2.09. The van der Waals surface area contributed by atoms with Gasteiger partial charge in [0.1, 0.15) is 0 Å². The van der Waals surface area contributed by atoms with Crippen molar-refractivity contribution < 1.29 is 9.47 Å². The number of hydrogen-bond donors (Lipinski definition) is 0. The van der Waals surface area contributed by atoms with Crippen molar-refractivity contribution in [3.8, 4) is 11.5 Å². The monoisotopic (exact) mass is 246 g/mol. The first-order valence-corrected chi connectivity index (χ1v) is 6.75. The third-order valence-corrected chi connectivity index (χ3v) is 3.62. The van der Waals surface area contributed by atoms with Crippen molar-refractivity contribution in [1.82, 2.24) is 0 Å². The van der Waals surface area contributed by atoms with Gasteiger partial charge in [0, 0.05) is 0 Å². The van der Waals surface area contributed by atoms with Crippen LogP contribution in [0, 0.1) is 5.92 Å². The van der Waals surface area contributed by atoms with E-state index in [-0.39, 0.29) is 0 Å². The zero-order valence-electron chi connectivity index (χ0n) is 11.3. The Kier molecular flexibility index (Phi) is 4.29. The molecule has 0 spiro atoms. The van der Waals surface area contributed by atoms with Gasteiger partial charge in [-0.3, -0.25) is 0 Å². The van der Waals surface area contributed by atoms with E-state index in [0.29, 0.717) is 18.6 Å². The predicted octanol–water partition coefficient (Wildman–Crippen LogP) is 4.51. The molecule has 0 saturated carbocycles. The number of allylic oxidation sites excluding steroid dienone is 1. The molecule has 0 N–H and O–H groups in total. The standard InChI is InChI=1S/C16H22O2/c1-4-6-12(3)9-13(5-2)14-7-8-15-16(10-14)18-11-17-15/h4,7-8,10,12-13H,1,5-6,9,11H2,2-3H3/t12-,13?/m0/s1. The van der Waals surface area contributed by atoms with Gasteiger partial charge in [0.05, 0.1) is 0 Å². The Labute approximate surface area is 110 Å². The molecular weight excluding hydrogens is 224 g/mol. The second kappa shape index (κ2) is 5.94. The summed E-state index contributed by atoms with van der Waals surface area (Å²) in [5.41, 5.74) is 1.36. The summed E-state index contributed by atoms with van der Waals surface area (Å²) in [5, 5.41) is 0. The maximum Gasteiger partial charge on any atom is 0.231 e. The normalized spacial score (nSPS) is 16.3. The highest BCUT2D eigenvalue weighted by Gasteiger charge is 2.18. The van der Waals surface area contributed by atoms with Crippen LogP contribution in [0.3, 0.4) is 0 Å². The van der Waals surface area contributed by atoms with E-state index in [9.17, 15) is 0 Å². The molecule has 0 aliphatic carbocycles. The van der Waals surface area contributed by atoms with Gasteiger partial charge in [-0.05, 0) is 48.8 Å². The van der Waals surface area contributed by atoms with Crippen molar-refractivity contribution in [1.29, 1.82) is 0 Å². The number of rotatable bonds is 6. The van der Waals surface area contributed by atoms with Crippen LogP contribution in [0.5, 0.6) is 11.5 Å². The summed E-state index contributed by atoms with van der Waals surface area (Å²) in [6.07, 6.45) is 5.45. The Morgan fingerprint density at radius 1 is 1.33 bits per heavy atom. The van der Waals surface area contributed by atoms with Crippen LogP contribution >= 0.6 is 0 Å². The highest BCUT2D eigenvalue weighted by Crippen LogP contribution is 2.37. The Bertz CT molecular complexity index is 412. The largest absolute Gasteiger partial charge is 0.454 e. The van der Waals surface area contributed by atoms with Gasteiger partial charge in [-0.1, -0.05) is 26.0 Å². The number of ether oxygens (including phenoxy) is 2. The lowest BCUT2D eigenvalue weighted by Gasteiger charge is -2.19. The van der Waals surface area contributed by atoms with Crippen molar-refractivity contribution in [3.63, 3.8) is 0 Å². The van der Waals surface area contributed by atoms with Gasteiger partial charge in [-0.2, -0.15) is 0 Å². The first-order valence-electron chi connectivity index (χ1n) is 6.75. The van der Waals surface area contributed by atoms with Gasteiger partial charge < -0.3 is 9.47 Å². The van der Waals surface area contributed by atoms with E-state index in [1.54, 1.807) is 0 Å². The first kappa shape index (κ1) is 13.0. The maximum atomic E-state index is 5.45. The lowest BCUT2D eigenvalue weighted by Crippen LogP contribution is -2.04. The van der Waals surface area contributed by atoms with Crippen molar-refractivity contribution in [3.05, 3.63) is 36.4 Å². The lowest BCUT2D eigenvalue weighted by molar-refractivity contribution is 0.174. The predicted molar refractivity (Wildman–Crippen MR) is 74.2 cm³/mol. The van der Waals surface area contributed by atoms with Crippen LogP contribution in [0.15, 0.2) is 30.9 Å². The maximum absolute atomic E-state index is 5.45. The summed E-state index contributed by atoms with van der Waals surface area (Å²) >= 11 is 0. The van der Waals surface area contributed by atoms with Crippen LogP contribution in [0.1, 0.15) is 44.6 Å². The van der Waals surface area contributed by atoms with E-state index in [0.717, 1.165) is 24.3 Å². The van der Waals surface area contributed by atoms with E-state index in [4.69, 9.17) is 9.47 Å². The van der Waals surface area contributed by atoms with E-state index in [1.165, 1.54) is 12.0 Å². The Hall–Kier alpha value is -1.44. The Morgan fingerprint density at radius 2 is 2.11 bits per heavy atom. The molecule has 98 valence electrons. The highest BCUT2D eigenvalue weighted by molar-refractivity contribution is 5.45. The van der Waals surface area contributed by atoms with Crippen molar-refractivity contribution >= 4 is 0 Å². The minimum absolute atomic E-state index is 0.350. The summed E-state index contributed by atoms with van der Waals surface area (Å²) in [4.78, 5) is 0. The minimum Gasteiger partial charge on any atom is -0.454 e. The van der Waals surface area contributed by atoms with Gasteiger partial charge in [0.25, 0.3) is 0 Å². The summed E-state index contributed by atoms with van der Waals surface area (Å²) < 4.78 is 10.8. The zero-order chi connectivity index (χ0) is 13.0. The molecule has 2 nitrogen and oxygen atoms in total. The molecule has 0 aromatic heterocycles. The second-order valence-corrected chi connectivity index (χ2v) is 5.08. The molecule has 1 aliphatic heterocycles. The highest BCUT2D eigenvalue weighted by atomic mass is 16.7. The SMILES string of the molecule is C=CC[C@H](C)CC(CC)c1ccc2c(c1)OCO2. The van der Waals surface area contributed by atoms with Gasteiger partial charge in [-0.25, -0.2) is 0 Å². The van der Waals surface area contributed by atoms with Crippen molar-refractivity contribution in [2.75, 3.05) is 6.79 Å². The van der Waals surface area contributed by atoms with Crippen LogP contribution in [0.25, 0.3) is 0 Å². The van der Waals surface area contributed by atoms with Gasteiger partial charge >= 0.3 is 0 Å². The Morgan fingerprint density at radius 3 is 2.83 bits per heavy atom. The van der Waals surface area contributed by atoms with Crippen LogP contribution < -0.4 is 9.47 Å². The molecular formula is C16H22O2. The molecule has 0 fully saturated rings. The second-order valence-electron chi connectivity index (χ2n) is 5.08.